The maximum absolute atomic E-state index is 12.6. The number of nitrogens with zero attached hydrogens (tertiary/aromatic N) is 3. The highest BCUT2D eigenvalue weighted by molar-refractivity contribution is 6.04. The number of carbonyl (C=O) groups is 2. The second-order valence-corrected chi connectivity index (χ2v) is 7.79. The van der Waals surface area contributed by atoms with Gasteiger partial charge < -0.3 is 15.5 Å². The quantitative estimate of drug-likeness (QED) is 0.439. The molecule has 7 heteroatoms. The standard InChI is InChI=1S/C26H31N5O2/c1-3-31(4-2)14-6-11-29-25(32)23-17-21(18-28-19-23)15-20-7-5-8-22(16-20)26(33)30-24-9-12-27-13-10-24/h5,7-10,12-13,16-19H,3-4,6,11,14-15H2,1-2H3,(H,29,32)(H,27,30,33). The molecular formula is C26H31N5O2. The Bertz CT molecular complexity index is 1050. The van der Waals surface area contributed by atoms with Crippen molar-refractivity contribution in [3.63, 3.8) is 0 Å². The smallest absolute Gasteiger partial charge is 0.255 e. The molecule has 2 N–H and O–H groups in total. The normalized spacial score (nSPS) is 10.8. The molecule has 33 heavy (non-hydrogen) atoms. The zero-order chi connectivity index (χ0) is 23.5. The third-order valence-electron chi connectivity index (χ3n) is 5.42. The monoisotopic (exact) mass is 445 g/mol. The van der Waals surface area contributed by atoms with Crippen LogP contribution in [0.15, 0.2) is 67.3 Å². The van der Waals surface area contributed by atoms with Gasteiger partial charge in [-0.2, -0.15) is 0 Å². The number of carbonyl (C=O) groups excluding carboxylic acids is 2. The second-order valence-electron chi connectivity index (χ2n) is 7.79. The lowest BCUT2D eigenvalue weighted by atomic mass is 10.0. The summed E-state index contributed by atoms with van der Waals surface area (Å²) in [7, 11) is 0. The van der Waals surface area contributed by atoms with E-state index in [2.05, 4.69) is 39.3 Å². The molecule has 0 aliphatic carbocycles. The Kier molecular flexibility index (Phi) is 9.08. The van der Waals surface area contributed by atoms with Crippen LogP contribution in [0.4, 0.5) is 5.69 Å². The van der Waals surface area contributed by atoms with Gasteiger partial charge in [0.1, 0.15) is 0 Å². The lowest BCUT2D eigenvalue weighted by Gasteiger charge is -2.17. The molecule has 2 heterocycles. The Hall–Kier alpha value is -3.58. The second kappa shape index (κ2) is 12.5. The Labute approximate surface area is 195 Å². The molecule has 1 aromatic carbocycles. The van der Waals surface area contributed by atoms with E-state index in [9.17, 15) is 9.59 Å². The van der Waals surface area contributed by atoms with E-state index in [-0.39, 0.29) is 11.8 Å². The van der Waals surface area contributed by atoms with Gasteiger partial charge in [-0.1, -0.05) is 26.0 Å². The lowest BCUT2D eigenvalue weighted by Crippen LogP contribution is -2.30. The van der Waals surface area contributed by atoms with Crippen molar-refractivity contribution in [1.82, 2.24) is 20.2 Å². The Balaban J connectivity index is 1.58. The van der Waals surface area contributed by atoms with Crippen LogP contribution in [0, 0.1) is 0 Å². The molecule has 0 saturated heterocycles. The fourth-order valence-corrected chi connectivity index (χ4v) is 3.55. The summed E-state index contributed by atoms with van der Waals surface area (Å²) >= 11 is 0. The highest BCUT2D eigenvalue weighted by Gasteiger charge is 2.10. The van der Waals surface area contributed by atoms with Crippen LogP contribution in [0.1, 0.15) is 52.1 Å². The fraction of sp³-hybridized carbons (Fsp3) is 0.308. The van der Waals surface area contributed by atoms with E-state index in [1.54, 1.807) is 43.0 Å². The predicted molar refractivity (Wildman–Crippen MR) is 130 cm³/mol. The maximum atomic E-state index is 12.6. The van der Waals surface area contributed by atoms with Crippen LogP contribution >= 0.6 is 0 Å². The third kappa shape index (κ3) is 7.50. The molecule has 0 radical (unpaired) electrons. The van der Waals surface area contributed by atoms with Crippen molar-refractivity contribution < 1.29 is 9.59 Å². The zero-order valence-electron chi connectivity index (χ0n) is 19.3. The highest BCUT2D eigenvalue weighted by Crippen LogP contribution is 2.14. The van der Waals surface area contributed by atoms with Crippen molar-refractivity contribution in [3.05, 3.63) is 89.5 Å². The Morgan fingerprint density at radius 2 is 1.64 bits per heavy atom. The summed E-state index contributed by atoms with van der Waals surface area (Å²) in [4.78, 5) is 35.6. The van der Waals surface area contributed by atoms with Gasteiger partial charge >= 0.3 is 0 Å². The van der Waals surface area contributed by atoms with E-state index in [4.69, 9.17) is 0 Å². The van der Waals surface area contributed by atoms with E-state index < -0.39 is 0 Å². The Morgan fingerprint density at radius 3 is 2.39 bits per heavy atom. The first-order chi connectivity index (χ1) is 16.1. The number of benzene rings is 1. The van der Waals surface area contributed by atoms with Crippen molar-refractivity contribution >= 4 is 17.5 Å². The van der Waals surface area contributed by atoms with Gasteiger partial charge in [0.25, 0.3) is 11.8 Å². The minimum Gasteiger partial charge on any atom is -0.352 e. The highest BCUT2D eigenvalue weighted by atomic mass is 16.2. The topological polar surface area (TPSA) is 87.2 Å². The molecule has 0 saturated carbocycles. The SMILES string of the molecule is CCN(CC)CCCNC(=O)c1cncc(Cc2cccc(C(=O)Nc3ccncc3)c2)c1. The summed E-state index contributed by atoms with van der Waals surface area (Å²) in [6, 6.07) is 12.8. The van der Waals surface area contributed by atoms with Gasteiger partial charge in [0.15, 0.2) is 0 Å². The zero-order valence-corrected chi connectivity index (χ0v) is 19.3. The number of amides is 2. The molecule has 7 nitrogen and oxygen atoms in total. The molecule has 0 aliphatic rings. The van der Waals surface area contributed by atoms with Gasteiger partial charge in [-0.15, -0.1) is 0 Å². The first-order valence-corrected chi connectivity index (χ1v) is 11.3. The van der Waals surface area contributed by atoms with Gasteiger partial charge in [0, 0.05) is 42.6 Å². The van der Waals surface area contributed by atoms with E-state index in [1.165, 1.54) is 0 Å². The molecule has 2 aromatic heterocycles. The number of hydrogen-bond donors (Lipinski definition) is 2. The number of nitrogens with one attached hydrogen (secondary N) is 2. The van der Waals surface area contributed by atoms with Crippen LogP contribution in [0.3, 0.4) is 0 Å². The van der Waals surface area contributed by atoms with Crippen LogP contribution in [0.25, 0.3) is 0 Å². The van der Waals surface area contributed by atoms with Crippen molar-refractivity contribution in [2.24, 2.45) is 0 Å². The first kappa shape index (κ1) is 24.1. The van der Waals surface area contributed by atoms with E-state index in [0.717, 1.165) is 37.2 Å². The molecule has 3 aromatic rings. The molecule has 0 atom stereocenters. The summed E-state index contributed by atoms with van der Waals surface area (Å²) in [5.74, 6) is -0.298. The van der Waals surface area contributed by atoms with Gasteiger partial charge in [-0.05, 0) is 73.9 Å². The largest absolute Gasteiger partial charge is 0.352 e. The number of pyridine rings is 2. The van der Waals surface area contributed by atoms with Crippen molar-refractivity contribution in [1.29, 1.82) is 0 Å². The van der Waals surface area contributed by atoms with E-state index >= 15 is 0 Å². The molecule has 0 aliphatic heterocycles. The predicted octanol–water partition coefficient (Wildman–Crippen LogP) is 3.78. The van der Waals surface area contributed by atoms with E-state index in [0.29, 0.717) is 29.8 Å². The Morgan fingerprint density at radius 1 is 0.879 bits per heavy atom. The van der Waals surface area contributed by atoms with Crippen molar-refractivity contribution in [2.45, 2.75) is 26.7 Å². The minimum absolute atomic E-state index is 0.116. The number of aromatic nitrogens is 2. The van der Waals surface area contributed by atoms with Crippen LogP contribution in [-0.2, 0) is 6.42 Å². The van der Waals surface area contributed by atoms with Crippen LogP contribution in [0.2, 0.25) is 0 Å². The summed E-state index contributed by atoms with van der Waals surface area (Å²) in [6.45, 7) is 7.92. The summed E-state index contributed by atoms with van der Waals surface area (Å²) < 4.78 is 0. The number of hydrogen-bond acceptors (Lipinski definition) is 5. The van der Waals surface area contributed by atoms with Gasteiger partial charge in [0.2, 0.25) is 0 Å². The summed E-state index contributed by atoms with van der Waals surface area (Å²) in [6.07, 6.45) is 8.09. The summed E-state index contributed by atoms with van der Waals surface area (Å²) in [5.41, 5.74) is 3.69. The van der Waals surface area contributed by atoms with E-state index in [1.807, 2.05) is 24.3 Å². The minimum atomic E-state index is -0.181. The van der Waals surface area contributed by atoms with Gasteiger partial charge in [0.05, 0.1) is 5.56 Å². The summed E-state index contributed by atoms with van der Waals surface area (Å²) in [5, 5.41) is 5.84. The first-order valence-electron chi connectivity index (χ1n) is 11.3. The van der Waals surface area contributed by atoms with Gasteiger partial charge in [-0.25, -0.2) is 0 Å². The molecule has 0 unspecified atom stereocenters. The van der Waals surface area contributed by atoms with Gasteiger partial charge in [-0.3, -0.25) is 19.6 Å². The molecule has 2 amide bonds. The molecule has 172 valence electrons. The van der Waals surface area contributed by atoms with Crippen LogP contribution in [-0.4, -0.2) is 52.9 Å². The molecule has 3 rings (SSSR count). The fourth-order valence-electron chi connectivity index (χ4n) is 3.55. The molecule has 0 fully saturated rings. The van der Waals surface area contributed by atoms with Crippen molar-refractivity contribution in [2.75, 3.05) is 31.5 Å². The molecule has 0 bridgehead atoms. The van der Waals surface area contributed by atoms with Crippen LogP contribution < -0.4 is 10.6 Å². The van der Waals surface area contributed by atoms with Crippen molar-refractivity contribution in [3.8, 4) is 0 Å². The number of rotatable bonds is 11. The number of anilines is 1. The van der Waals surface area contributed by atoms with Crippen LogP contribution in [0.5, 0.6) is 0 Å². The molecular weight excluding hydrogens is 414 g/mol. The lowest BCUT2D eigenvalue weighted by molar-refractivity contribution is 0.0950. The molecule has 0 spiro atoms. The average Bonchev–Trinajstić information content (AvgIpc) is 2.85. The average molecular weight is 446 g/mol. The maximum Gasteiger partial charge on any atom is 0.255 e. The third-order valence-corrected chi connectivity index (χ3v) is 5.42.